The van der Waals surface area contributed by atoms with Crippen molar-refractivity contribution in [3.05, 3.63) is 87.9 Å². The standard InChI is InChI=1S/C25H27F3N2O3S/c1-24(2,33-23(29)32)20(15-16-6-4-3-5-7-16)19(21(31)22-30-12-13-34-22)14-17-8-10-18(11-9-17)25(26,27)28/h3-13,19-21,31H,14-15H2,1-2H3,(H2,29,32)/t19-,20?,21-/m0/s1. The molecule has 34 heavy (non-hydrogen) atoms. The van der Waals surface area contributed by atoms with Gasteiger partial charge in [0.05, 0.1) is 5.56 Å². The van der Waals surface area contributed by atoms with Crippen molar-refractivity contribution in [1.29, 1.82) is 0 Å². The summed E-state index contributed by atoms with van der Waals surface area (Å²) in [6.45, 7) is 3.44. The number of halogens is 3. The Bertz CT molecular complexity index is 1060. The molecule has 1 aromatic heterocycles. The molecule has 1 amide bonds. The molecule has 9 heteroatoms. The summed E-state index contributed by atoms with van der Waals surface area (Å²) in [4.78, 5) is 15.9. The summed E-state index contributed by atoms with van der Waals surface area (Å²) in [6, 6.07) is 14.4. The Labute approximate surface area is 200 Å². The molecule has 182 valence electrons. The van der Waals surface area contributed by atoms with Crippen molar-refractivity contribution in [1.82, 2.24) is 4.98 Å². The minimum Gasteiger partial charge on any atom is -0.443 e. The van der Waals surface area contributed by atoms with Crippen LogP contribution in [0.5, 0.6) is 0 Å². The molecule has 0 fully saturated rings. The molecular formula is C25H27F3N2O3S. The fourth-order valence-corrected chi connectivity index (χ4v) is 4.95. The van der Waals surface area contributed by atoms with Gasteiger partial charge in [-0.3, -0.25) is 0 Å². The van der Waals surface area contributed by atoms with E-state index in [-0.39, 0.29) is 6.42 Å². The molecule has 5 nitrogen and oxygen atoms in total. The summed E-state index contributed by atoms with van der Waals surface area (Å²) in [6.07, 6.45) is -4.16. The van der Waals surface area contributed by atoms with E-state index in [0.29, 0.717) is 17.0 Å². The first-order valence-corrected chi connectivity index (χ1v) is 11.6. The fourth-order valence-electron chi connectivity index (χ4n) is 4.26. The van der Waals surface area contributed by atoms with Gasteiger partial charge in [0.1, 0.15) is 16.7 Å². The number of aromatic nitrogens is 1. The molecule has 3 atom stereocenters. The van der Waals surface area contributed by atoms with E-state index in [1.807, 2.05) is 30.3 Å². The van der Waals surface area contributed by atoms with Crippen molar-refractivity contribution >= 4 is 17.4 Å². The predicted molar refractivity (Wildman–Crippen MR) is 124 cm³/mol. The maximum absolute atomic E-state index is 13.0. The summed E-state index contributed by atoms with van der Waals surface area (Å²) in [7, 11) is 0. The second kappa shape index (κ2) is 10.6. The van der Waals surface area contributed by atoms with Gasteiger partial charge in [0, 0.05) is 23.4 Å². The number of hydrogen-bond donors (Lipinski definition) is 2. The van der Waals surface area contributed by atoms with E-state index in [9.17, 15) is 23.1 Å². The van der Waals surface area contributed by atoms with Gasteiger partial charge in [-0.2, -0.15) is 13.2 Å². The Morgan fingerprint density at radius 3 is 2.21 bits per heavy atom. The number of ether oxygens (including phenoxy) is 1. The van der Waals surface area contributed by atoms with Crippen LogP contribution in [-0.2, 0) is 23.8 Å². The average Bonchev–Trinajstić information content (AvgIpc) is 3.30. The Morgan fingerprint density at radius 1 is 1.06 bits per heavy atom. The third-order valence-corrected chi connectivity index (χ3v) is 6.78. The zero-order valence-corrected chi connectivity index (χ0v) is 19.6. The Morgan fingerprint density at radius 2 is 1.68 bits per heavy atom. The normalized spacial score (nSPS) is 14.9. The highest BCUT2D eigenvalue weighted by molar-refractivity contribution is 7.09. The molecule has 0 saturated heterocycles. The van der Waals surface area contributed by atoms with Crippen LogP contribution in [0, 0.1) is 11.8 Å². The number of nitrogens with zero attached hydrogens (tertiary/aromatic N) is 1. The molecule has 0 aliphatic heterocycles. The lowest BCUT2D eigenvalue weighted by Crippen LogP contribution is -2.45. The maximum Gasteiger partial charge on any atom is 0.416 e. The molecule has 3 N–H and O–H groups in total. The van der Waals surface area contributed by atoms with Crippen molar-refractivity contribution in [3.63, 3.8) is 0 Å². The molecule has 1 unspecified atom stereocenters. The van der Waals surface area contributed by atoms with Gasteiger partial charge in [0.2, 0.25) is 0 Å². The summed E-state index contributed by atoms with van der Waals surface area (Å²) >= 11 is 1.28. The molecule has 0 aliphatic carbocycles. The fraction of sp³-hybridized carbons (Fsp3) is 0.360. The minimum atomic E-state index is -4.44. The first kappa shape index (κ1) is 25.7. The van der Waals surface area contributed by atoms with Crippen molar-refractivity contribution in [2.45, 2.75) is 44.6 Å². The molecule has 0 aliphatic rings. The van der Waals surface area contributed by atoms with E-state index in [4.69, 9.17) is 10.5 Å². The second-order valence-electron chi connectivity index (χ2n) is 8.70. The lowest BCUT2D eigenvalue weighted by molar-refractivity contribution is -0.137. The van der Waals surface area contributed by atoms with Crippen LogP contribution in [0.4, 0.5) is 18.0 Å². The number of amides is 1. The number of alkyl halides is 3. The quantitative estimate of drug-likeness (QED) is 0.396. The summed E-state index contributed by atoms with van der Waals surface area (Å²) < 4.78 is 44.6. The van der Waals surface area contributed by atoms with Crippen molar-refractivity contribution in [2.75, 3.05) is 0 Å². The molecule has 3 rings (SSSR count). The average molecular weight is 493 g/mol. The molecular weight excluding hydrogens is 465 g/mol. The topological polar surface area (TPSA) is 85.4 Å². The Kier molecular flexibility index (Phi) is 7.99. The smallest absolute Gasteiger partial charge is 0.416 e. The van der Waals surface area contributed by atoms with Crippen LogP contribution in [0.3, 0.4) is 0 Å². The van der Waals surface area contributed by atoms with E-state index in [2.05, 4.69) is 4.98 Å². The summed E-state index contributed by atoms with van der Waals surface area (Å²) in [5.74, 6) is -0.985. The van der Waals surface area contributed by atoms with Crippen LogP contribution in [-0.4, -0.2) is 21.8 Å². The van der Waals surface area contributed by atoms with Crippen LogP contribution >= 0.6 is 11.3 Å². The monoisotopic (exact) mass is 492 g/mol. The number of benzene rings is 2. The number of aliphatic hydroxyl groups is 1. The molecule has 0 spiro atoms. The lowest BCUT2D eigenvalue weighted by atomic mass is 9.71. The highest BCUT2D eigenvalue weighted by Crippen LogP contribution is 2.41. The predicted octanol–water partition coefficient (Wildman–Crippen LogP) is 5.79. The van der Waals surface area contributed by atoms with E-state index in [1.165, 1.54) is 23.5 Å². The zero-order chi connectivity index (χ0) is 24.9. The number of primary amides is 1. The van der Waals surface area contributed by atoms with E-state index in [1.54, 1.807) is 25.4 Å². The van der Waals surface area contributed by atoms with Crippen LogP contribution in [0.1, 0.15) is 41.6 Å². The molecule has 0 saturated carbocycles. The van der Waals surface area contributed by atoms with Gasteiger partial charge in [-0.1, -0.05) is 42.5 Å². The van der Waals surface area contributed by atoms with Crippen LogP contribution in [0.25, 0.3) is 0 Å². The van der Waals surface area contributed by atoms with Crippen LogP contribution < -0.4 is 5.73 Å². The van der Waals surface area contributed by atoms with Gasteiger partial charge in [-0.25, -0.2) is 9.78 Å². The SMILES string of the molecule is CC(C)(OC(N)=O)C(Cc1ccccc1)[C@H](Cc1ccc(C(F)(F)F)cc1)[C@H](O)c1nccs1. The van der Waals surface area contributed by atoms with Gasteiger partial charge < -0.3 is 15.6 Å². The zero-order valence-electron chi connectivity index (χ0n) is 18.8. The second-order valence-corrected chi connectivity index (χ2v) is 9.62. The van der Waals surface area contributed by atoms with Crippen molar-refractivity contribution in [2.24, 2.45) is 17.6 Å². The summed E-state index contributed by atoms with van der Waals surface area (Å²) in [5, 5.41) is 13.6. The first-order valence-electron chi connectivity index (χ1n) is 10.7. The highest BCUT2D eigenvalue weighted by Gasteiger charge is 2.42. The largest absolute Gasteiger partial charge is 0.443 e. The summed E-state index contributed by atoms with van der Waals surface area (Å²) in [5.41, 5.74) is 5.09. The Balaban J connectivity index is 2.03. The molecule has 2 aromatic carbocycles. The van der Waals surface area contributed by atoms with E-state index >= 15 is 0 Å². The van der Waals surface area contributed by atoms with Gasteiger partial charge >= 0.3 is 12.3 Å². The van der Waals surface area contributed by atoms with E-state index in [0.717, 1.165) is 17.7 Å². The first-order chi connectivity index (χ1) is 16.0. The van der Waals surface area contributed by atoms with Crippen molar-refractivity contribution < 1.29 is 27.8 Å². The van der Waals surface area contributed by atoms with Gasteiger partial charge in [0.15, 0.2) is 0 Å². The maximum atomic E-state index is 13.0. The van der Waals surface area contributed by atoms with Crippen LogP contribution in [0.15, 0.2) is 66.2 Å². The number of hydrogen-bond acceptors (Lipinski definition) is 5. The molecule has 0 radical (unpaired) electrons. The van der Waals surface area contributed by atoms with Gasteiger partial charge in [0.25, 0.3) is 0 Å². The number of aliphatic hydroxyl groups excluding tert-OH is 1. The lowest BCUT2D eigenvalue weighted by Gasteiger charge is -2.40. The molecule has 3 aromatic rings. The number of nitrogens with two attached hydrogens (primary N) is 1. The molecule has 1 heterocycles. The number of thiazole rings is 1. The van der Waals surface area contributed by atoms with Crippen molar-refractivity contribution in [3.8, 4) is 0 Å². The molecule has 0 bridgehead atoms. The van der Waals surface area contributed by atoms with Gasteiger partial charge in [-0.05, 0) is 49.9 Å². The van der Waals surface area contributed by atoms with Gasteiger partial charge in [-0.15, -0.1) is 11.3 Å². The number of rotatable bonds is 9. The number of carbonyl (C=O) groups excluding carboxylic acids is 1. The third-order valence-electron chi connectivity index (χ3n) is 5.93. The number of carbonyl (C=O) groups is 1. The van der Waals surface area contributed by atoms with Crippen LogP contribution in [0.2, 0.25) is 0 Å². The Hall–Kier alpha value is -2.91. The van der Waals surface area contributed by atoms with E-state index < -0.39 is 41.4 Å². The highest BCUT2D eigenvalue weighted by atomic mass is 32.1. The third kappa shape index (κ3) is 6.57. The minimum absolute atomic E-state index is 0.238.